The molecule has 27 heavy (non-hydrogen) atoms. The Balaban J connectivity index is 1.64. The van der Waals surface area contributed by atoms with Crippen LogP contribution in [0.1, 0.15) is 11.7 Å². The Morgan fingerprint density at radius 3 is 2.07 bits per heavy atom. The molecule has 0 unspecified atom stereocenters. The average Bonchev–Trinajstić information content (AvgIpc) is 2.67. The maximum absolute atomic E-state index is 11.6. The van der Waals surface area contributed by atoms with Gasteiger partial charge in [-0.25, -0.2) is 0 Å². The molecule has 3 aliphatic heterocycles. The summed E-state index contributed by atoms with van der Waals surface area (Å²) in [7, 11) is 0. The molecular weight excluding hydrogens is 574 g/mol. The first-order chi connectivity index (χ1) is 13.1. The molecule has 6 nitrogen and oxygen atoms in total. The fourth-order valence-corrected chi connectivity index (χ4v) is 6.33. The first-order valence-corrected chi connectivity index (χ1v) is 11.6. The highest BCUT2D eigenvalue weighted by Crippen LogP contribution is 2.46. The van der Waals surface area contributed by atoms with Crippen molar-refractivity contribution in [3.8, 4) is 5.75 Å². The van der Waals surface area contributed by atoms with Crippen LogP contribution in [0.15, 0.2) is 12.1 Å². The van der Waals surface area contributed by atoms with Gasteiger partial charge in [-0.2, -0.15) is 0 Å². The van der Waals surface area contributed by atoms with Gasteiger partial charge < -0.3 is 19.3 Å². The van der Waals surface area contributed by atoms with E-state index >= 15 is 0 Å². The van der Waals surface area contributed by atoms with E-state index in [-0.39, 0.29) is 5.41 Å². The number of aliphatic hydroxyl groups is 1. The van der Waals surface area contributed by atoms with E-state index in [1.54, 1.807) is 0 Å². The molecule has 0 amide bonds. The number of benzene rings is 1. The van der Waals surface area contributed by atoms with Crippen molar-refractivity contribution in [2.75, 3.05) is 72.3 Å². The molecule has 0 spiro atoms. The number of aliphatic hydroxyl groups excluding tert-OH is 1. The maximum atomic E-state index is 11.6. The van der Waals surface area contributed by atoms with E-state index in [0.717, 1.165) is 84.1 Å². The van der Waals surface area contributed by atoms with E-state index in [0.29, 0.717) is 6.61 Å². The van der Waals surface area contributed by atoms with Gasteiger partial charge in [0.05, 0.1) is 48.1 Å². The number of ether oxygens (including phenoxy) is 3. The van der Waals surface area contributed by atoms with Gasteiger partial charge in [0.25, 0.3) is 0 Å². The topological polar surface area (TPSA) is 54.4 Å². The molecule has 0 radical (unpaired) electrons. The summed E-state index contributed by atoms with van der Waals surface area (Å²) in [5.74, 6) is 0.850. The summed E-state index contributed by atoms with van der Waals surface area (Å²) < 4.78 is 19.5. The van der Waals surface area contributed by atoms with Crippen molar-refractivity contribution >= 4 is 45.2 Å². The Bertz CT molecular complexity index is 643. The van der Waals surface area contributed by atoms with E-state index in [2.05, 4.69) is 67.1 Å². The second-order valence-electron chi connectivity index (χ2n) is 7.64. The van der Waals surface area contributed by atoms with Crippen LogP contribution in [0.5, 0.6) is 5.75 Å². The summed E-state index contributed by atoms with van der Waals surface area (Å²) in [6.07, 6.45) is -0.546. The summed E-state index contributed by atoms with van der Waals surface area (Å²) in [5.41, 5.74) is 0.578. The molecule has 1 aromatic carbocycles. The Morgan fingerprint density at radius 2 is 1.52 bits per heavy atom. The van der Waals surface area contributed by atoms with Crippen LogP contribution in [0.25, 0.3) is 0 Å². The highest BCUT2D eigenvalue weighted by molar-refractivity contribution is 14.1. The second kappa shape index (κ2) is 8.97. The number of hydrogen-bond acceptors (Lipinski definition) is 6. The molecular formula is C19H26I2N2O4. The second-order valence-corrected chi connectivity index (χ2v) is 10.0. The molecule has 0 aromatic heterocycles. The Hall–Kier alpha value is 0.280. The van der Waals surface area contributed by atoms with E-state index in [4.69, 9.17) is 14.2 Å². The van der Waals surface area contributed by atoms with Crippen molar-refractivity contribution in [3.05, 3.63) is 24.8 Å². The van der Waals surface area contributed by atoms with Crippen molar-refractivity contribution in [2.45, 2.75) is 6.10 Å². The fourth-order valence-electron chi connectivity index (χ4n) is 4.28. The molecule has 2 saturated heterocycles. The van der Waals surface area contributed by atoms with Crippen molar-refractivity contribution in [1.82, 2.24) is 9.80 Å². The third-order valence-corrected chi connectivity index (χ3v) is 7.12. The van der Waals surface area contributed by atoms with Gasteiger partial charge in [-0.1, -0.05) is 0 Å². The SMILES string of the molecule is O[C@@H]1c2cc(I)cc(I)c2OCC1(CN1CCOCC1)CN1CCOCC1. The Morgan fingerprint density at radius 1 is 0.963 bits per heavy atom. The maximum Gasteiger partial charge on any atom is 0.138 e. The highest BCUT2D eigenvalue weighted by Gasteiger charge is 2.47. The molecule has 8 heteroatoms. The predicted molar refractivity (Wildman–Crippen MR) is 119 cm³/mol. The van der Waals surface area contributed by atoms with Crippen LogP contribution in [0.3, 0.4) is 0 Å². The summed E-state index contributed by atoms with van der Waals surface area (Å²) in [4.78, 5) is 4.83. The largest absolute Gasteiger partial charge is 0.491 e. The number of morpholine rings is 2. The zero-order chi connectivity index (χ0) is 18.9. The number of hydrogen-bond donors (Lipinski definition) is 1. The lowest BCUT2D eigenvalue weighted by Gasteiger charge is -2.48. The summed E-state index contributed by atoms with van der Waals surface area (Å²) >= 11 is 4.63. The molecule has 2 fully saturated rings. The van der Waals surface area contributed by atoms with Gasteiger partial charge in [-0.15, -0.1) is 0 Å². The molecule has 150 valence electrons. The van der Waals surface area contributed by atoms with Crippen molar-refractivity contribution < 1.29 is 19.3 Å². The average molecular weight is 600 g/mol. The number of fused-ring (bicyclic) bond motifs is 1. The smallest absolute Gasteiger partial charge is 0.138 e. The van der Waals surface area contributed by atoms with E-state index in [9.17, 15) is 5.11 Å². The molecule has 4 rings (SSSR count). The number of nitrogens with zero attached hydrogens (tertiary/aromatic N) is 2. The molecule has 3 aliphatic rings. The van der Waals surface area contributed by atoms with Crippen molar-refractivity contribution in [2.24, 2.45) is 5.41 Å². The molecule has 1 aromatic rings. The van der Waals surface area contributed by atoms with Crippen LogP contribution in [-0.4, -0.2) is 87.2 Å². The Labute approximate surface area is 187 Å². The molecule has 3 heterocycles. The summed E-state index contributed by atoms with van der Waals surface area (Å²) in [5, 5.41) is 11.6. The lowest BCUT2D eigenvalue weighted by atomic mass is 9.76. The van der Waals surface area contributed by atoms with Crippen LogP contribution in [-0.2, 0) is 9.47 Å². The lowest BCUT2D eigenvalue weighted by molar-refractivity contribution is -0.0929. The number of halogens is 2. The minimum atomic E-state index is -0.546. The lowest BCUT2D eigenvalue weighted by Crippen LogP contribution is -2.56. The summed E-state index contributed by atoms with van der Waals surface area (Å²) in [6.45, 7) is 8.85. The Kier molecular flexibility index (Phi) is 6.82. The van der Waals surface area contributed by atoms with Crippen LogP contribution >= 0.6 is 45.2 Å². The van der Waals surface area contributed by atoms with Gasteiger partial charge in [0, 0.05) is 48.4 Å². The van der Waals surface area contributed by atoms with Crippen LogP contribution in [0.4, 0.5) is 0 Å². The molecule has 0 saturated carbocycles. The van der Waals surface area contributed by atoms with Gasteiger partial charge in [-0.3, -0.25) is 9.80 Å². The zero-order valence-electron chi connectivity index (χ0n) is 15.3. The summed E-state index contributed by atoms with van der Waals surface area (Å²) in [6, 6.07) is 4.18. The standard InChI is InChI=1S/C19H26I2N2O4/c20-14-9-15-17(16(21)10-14)27-13-19(18(15)24,11-22-1-5-25-6-2-22)12-23-3-7-26-8-4-23/h9-10,18,24H,1-8,11-13H2/t18-/m1/s1. The molecule has 0 aliphatic carbocycles. The minimum absolute atomic E-state index is 0.352. The molecule has 1 atom stereocenters. The van der Waals surface area contributed by atoms with Crippen LogP contribution < -0.4 is 4.74 Å². The quantitative estimate of drug-likeness (QED) is 0.535. The van der Waals surface area contributed by atoms with Gasteiger partial charge in [-0.05, 0) is 57.3 Å². The first kappa shape index (κ1) is 20.5. The minimum Gasteiger partial charge on any atom is -0.491 e. The zero-order valence-corrected chi connectivity index (χ0v) is 19.6. The van der Waals surface area contributed by atoms with Crippen LogP contribution in [0.2, 0.25) is 0 Å². The normalized spacial score (nSPS) is 26.4. The van der Waals surface area contributed by atoms with E-state index < -0.39 is 6.10 Å². The highest BCUT2D eigenvalue weighted by atomic mass is 127. The monoisotopic (exact) mass is 600 g/mol. The van der Waals surface area contributed by atoms with Gasteiger partial charge in [0.15, 0.2) is 0 Å². The van der Waals surface area contributed by atoms with Crippen LogP contribution in [0, 0.1) is 12.6 Å². The third kappa shape index (κ3) is 4.56. The van der Waals surface area contributed by atoms with E-state index in [1.807, 2.05) is 0 Å². The van der Waals surface area contributed by atoms with Crippen molar-refractivity contribution in [1.29, 1.82) is 0 Å². The fraction of sp³-hybridized carbons (Fsp3) is 0.684. The molecule has 0 bridgehead atoms. The van der Waals surface area contributed by atoms with Crippen molar-refractivity contribution in [3.63, 3.8) is 0 Å². The van der Waals surface area contributed by atoms with E-state index in [1.165, 1.54) is 0 Å². The number of rotatable bonds is 4. The van der Waals surface area contributed by atoms with Gasteiger partial charge in [0.2, 0.25) is 0 Å². The molecule has 1 N–H and O–H groups in total. The van der Waals surface area contributed by atoms with Gasteiger partial charge in [0.1, 0.15) is 5.75 Å². The third-order valence-electron chi connectivity index (χ3n) is 5.70. The first-order valence-electron chi connectivity index (χ1n) is 9.47. The van der Waals surface area contributed by atoms with Gasteiger partial charge >= 0.3 is 0 Å². The predicted octanol–water partition coefficient (Wildman–Crippen LogP) is 1.97.